The van der Waals surface area contributed by atoms with Gasteiger partial charge < -0.3 is 39.9 Å². The molecule has 324 valence electrons. The topological polar surface area (TPSA) is 136 Å². The molecule has 4 aromatic carbocycles. The zero-order valence-electron chi connectivity index (χ0n) is 36.5. The minimum absolute atomic E-state index is 0.0271. The number of anilines is 4. The van der Waals surface area contributed by atoms with Gasteiger partial charge in [0.1, 0.15) is 23.1 Å². The lowest BCUT2D eigenvalue weighted by atomic mass is 10.1. The molecule has 0 saturated carbocycles. The summed E-state index contributed by atoms with van der Waals surface area (Å²) in [5, 5.41) is 17.0. The third-order valence-electron chi connectivity index (χ3n) is 11.3. The Kier molecular flexibility index (Phi) is 14.5. The number of nitrogens with one attached hydrogen (secondary N) is 2. The Morgan fingerprint density at radius 3 is 1.42 bits per heavy atom. The first-order valence-electron chi connectivity index (χ1n) is 21.3. The van der Waals surface area contributed by atoms with E-state index in [0.717, 1.165) is 126 Å². The van der Waals surface area contributed by atoms with Crippen molar-refractivity contribution in [1.82, 2.24) is 19.8 Å². The van der Waals surface area contributed by atoms with E-state index in [2.05, 4.69) is 63.3 Å². The minimum Gasteiger partial charge on any atom is -0.484 e. The van der Waals surface area contributed by atoms with Gasteiger partial charge in [-0.2, -0.15) is 0 Å². The van der Waals surface area contributed by atoms with Gasteiger partial charge >= 0.3 is 0 Å². The summed E-state index contributed by atoms with van der Waals surface area (Å²) in [6.45, 7) is 16.8. The number of fused-ring (bicyclic) bond motifs is 2. The summed E-state index contributed by atoms with van der Waals surface area (Å²) in [5.41, 5.74) is 7.90. The Balaban J connectivity index is 0.000000187. The highest BCUT2D eigenvalue weighted by Gasteiger charge is 2.20. The molecule has 0 spiro atoms. The van der Waals surface area contributed by atoms with Crippen LogP contribution in [0.15, 0.2) is 97.1 Å². The van der Waals surface area contributed by atoms with E-state index in [0.29, 0.717) is 11.5 Å². The number of hydrogen-bond acceptors (Lipinski definition) is 11. The van der Waals surface area contributed by atoms with Crippen LogP contribution in [0, 0.1) is 27.7 Å². The summed E-state index contributed by atoms with van der Waals surface area (Å²) in [5.74, 6) is 2.97. The lowest BCUT2D eigenvalue weighted by Crippen LogP contribution is -2.47. The number of ether oxygens (including phenoxy) is 2. The maximum absolute atomic E-state index is 12.3. The summed E-state index contributed by atoms with van der Waals surface area (Å²) < 4.78 is 11.1. The number of hydrogen-bond donors (Lipinski definition) is 3. The molecule has 6 aromatic rings. The average Bonchev–Trinajstić information content (AvgIpc) is 3.27. The lowest BCUT2D eigenvalue weighted by molar-refractivity contribution is -0.118. The second kappa shape index (κ2) is 20.5. The molecule has 2 aromatic heterocycles. The molecule has 0 radical (unpaired) electrons. The van der Waals surface area contributed by atoms with E-state index in [1.165, 1.54) is 0 Å². The van der Waals surface area contributed by atoms with Crippen LogP contribution in [0.4, 0.5) is 23.0 Å². The standard InChI is InChI=1S/C25H30N4O3.C24H28N4O2/c1-18-3-6-21(7-4-18)32-17-25(31)26-20-5-8-23-22(16-20)19(2)15-24(27-23)29-11-9-28(10-12-29)13-14-30;1-17-4-7-20(8-5-17)30-16-24(29)25-19-6-9-22-21(15-19)18(2)14-23(26-22)28-12-10-27(3)11-13-28/h3-8,15-16,30H,9-14,17H2,1-2H3,(H,26,31);4-9,14-15H,10-13,16H2,1-3H3,(H,25,29). The molecule has 2 fully saturated rings. The maximum Gasteiger partial charge on any atom is 0.262 e. The van der Waals surface area contributed by atoms with Crippen molar-refractivity contribution in [3.05, 3.63) is 119 Å². The molecule has 0 bridgehead atoms. The van der Waals surface area contributed by atoms with Crippen molar-refractivity contribution in [1.29, 1.82) is 0 Å². The molecule has 13 nitrogen and oxygen atoms in total. The molecule has 4 heterocycles. The van der Waals surface area contributed by atoms with Crippen molar-refractivity contribution in [2.45, 2.75) is 27.7 Å². The number of aliphatic hydroxyl groups excluding tert-OH is 1. The number of amides is 2. The summed E-state index contributed by atoms with van der Waals surface area (Å²) in [4.78, 5) is 43.6. The number of carbonyl (C=O) groups is 2. The van der Waals surface area contributed by atoms with Crippen molar-refractivity contribution in [3.8, 4) is 11.5 Å². The molecule has 0 unspecified atom stereocenters. The maximum atomic E-state index is 12.3. The second-order valence-corrected chi connectivity index (χ2v) is 16.2. The van der Waals surface area contributed by atoms with E-state index in [1.807, 2.05) is 98.8 Å². The minimum atomic E-state index is -0.201. The average molecular weight is 839 g/mol. The van der Waals surface area contributed by atoms with Gasteiger partial charge in [0, 0.05) is 81.1 Å². The van der Waals surface area contributed by atoms with Crippen LogP contribution in [0.5, 0.6) is 11.5 Å². The van der Waals surface area contributed by atoms with Crippen molar-refractivity contribution >= 4 is 56.6 Å². The Morgan fingerprint density at radius 2 is 1.00 bits per heavy atom. The quantitative estimate of drug-likeness (QED) is 0.123. The fourth-order valence-corrected chi connectivity index (χ4v) is 7.57. The number of pyridine rings is 2. The van der Waals surface area contributed by atoms with Crippen LogP contribution in [0.3, 0.4) is 0 Å². The van der Waals surface area contributed by atoms with Gasteiger partial charge in [0.25, 0.3) is 11.8 Å². The van der Waals surface area contributed by atoms with Crippen LogP contribution >= 0.6 is 0 Å². The number of aromatic nitrogens is 2. The fourth-order valence-electron chi connectivity index (χ4n) is 7.57. The second-order valence-electron chi connectivity index (χ2n) is 16.2. The molecular weight excluding hydrogens is 781 g/mol. The summed E-state index contributed by atoms with van der Waals surface area (Å²) in [6, 6.07) is 31.2. The molecule has 2 aliphatic rings. The fraction of sp³-hybridized carbons (Fsp3) is 0.347. The van der Waals surface area contributed by atoms with Gasteiger partial charge in [0.05, 0.1) is 17.6 Å². The number of nitrogens with zero attached hydrogens (tertiary/aromatic N) is 6. The highest BCUT2D eigenvalue weighted by Crippen LogP contribution is 2.28. The SMILES string of the molecule is Cc1ccc(OCC(=O)Nc2ccc3nc(N4CCN(C)CC4)cc(C)c3c2)cc1.Cc1ccc(OCC(=O)Nc2ccc3nc(N4CCN(CCO)CC4)cc(C)c3c2)cc1. The smallest absolute Gasteiger partial charge is 0.262 e. The molecule has 13 heteroatoms. The predicted octanol–water partition coefficient (Wildman–Crippen LogP) is 6.60. The Bertz CT molecular complexity index is 2460. The number of carbonyl (C=O) groups excluding carboxylic acids is 2. The molecule has 0 aliphatic carbocycles. The van der Waals surface area contributed by atoms with E-state index in [4.69, 9.17) is 24.5 Å². The number of aliphatic hydroxyl groups is 1. The monoisotopic (exact) mass is 838 g/mol. The van der Waals surface area contributed by atoms with Crippen molar-refractivity contribution in [3.63, 3.8) is 0 Å². The number of benzene rings is 4. The molecule has 8 rings (SSSR count). The number of piperazine rings is 2. The van der Waals surface area contributed by atoms with Crippen LogP contribution in [-0.2, 0) is 9.59 Å². The highest BCUT2D eigenvalue weighted by atomic mass is 16.5. The highest BCUT2D eigenvalue weighted by molar-refractivity contribution is 5.96. The largest absolute Gasteiger partial charge is 0.484 e. The third kappa shape index (κ3) is 11.8. The number of likely N-dealkylation sites (N-methyl/N-ethyl adjacent to an activating group) is 1. The van der Waals surface area contributed by atoms with Crippen LogP contribution in [0.1, 0.15) is 22.3 Å². The Morgan fingerprint density at radius 1 is 0.581 bits per heavy atom. The van der Waals surface area contributed by atoms with Crippen molar-refractivity contribution in [2.24, 2.45) is 0 Å². The van der Waals surface area contributed by atoms with Gasteiger partial charge in [0.2, 0.25) is 0 Å². The van der Waals surface area contributed by atoms with Crippen LogP contribution in [-0.4, -0.2) is 122 Å². The lowest BCUT2D eigenvalue weighted by Gasteiger charge is -2.35. The zero-order valence-corrected chi connectivity index (χ0v) is 36.5. The first-order chi connectivity index (χ1) is 30.0. The Labute approximate surface area is 364 Å². The summed E-state index contributed by atoms with van der Waals surface area (Å²) in [7, 11) is 2.15. The van der Waals surface area contributed by atoms with Gasteiger partial charge in [-0.1, -0.05) is 35.4 Å². The molecule has 3 N–H and O–H groups in total. The molecule has 2 amide bonds. The van der Waals surface area contributed by atoms with Gasteiger partial charge in [-0.15, -0.1) is 0 Å². The van der Waals surface area contributed by atoms with E-state index >= 15 is 0 Å². The number of rotatable bonds is 12. The zero-order chi connectivity index (χ0) is 43.6. The normalized spacial score (nSPS) is 14.6. The van der Waals surface area contributed by atoms with Crippen LogP contribution in [0.25, 0.3) is 21.8 Å². The van der Waals surface area contributed by atoms with Crippen LogP contribution in [0.2, 0.25) is 0 Å². The summed E-state index contributed by atoms with van der Waals surface area (Å²) >= 11 is 0. The number of aryl methyl sites for hydroxylation is 4. The predicted molar refractivity (Wildman–Crippen MR) is 249 cm³/mol. The molecule has 0 atom stereocenters. The molecule has 2 aliphatic heterocycles. The van der Waals surface area contributed by atoms with Gasteiger partial charge in [-0.25, -0.2) is 9.97 Å². The third-order valence-corrected chi connectivity index (χ3v) is 11.3. The molecule has 62 heavy (non-hydrogen) atoms. The van der Waals surface area contributed by atoms with Gasteiger partial charge in [0.15, 0.2) is 13.2 Å². The van der Waals surface area contributed by atoms with E-state index < -0.39 is 0 Å². The van der Waals surface area contributed by atoms with Crippen LogP contribution < -0.4 is 29.9 Å². The first-order valence-corrected chi connectivity index (χ1v) is 21.3. The first kappa shape index (κ1) is 43.8. The summed E-state index contributed by atoms with van der Waals surface area (Å²) in [6.07, 6.45) is 0. The molecular formula is C49H58N8O5. The van der Waals surface area contributed by atoms with Crippen molar-refractivity contribution < 1.29 is 24.2 Å². The number of β-amino-alcohol motifs (C(OH)–C–C–N with tert-alkyl or cyclic N) is 1. The van der Waals surface area contributed by atoms with Crippen molar-refractivity contribution in [2.75, 3.05) is 106 Å². The Hall–Kier alpha value is -6.28. The van der Waals surface area contributed by atoms with Gasteiger partial charge in [-0.3, -0.25) is 14.5 Å². The van der Waals surface area contributed by atoms with Gasteiger partial charge in [-0.05, 0) is 119 Å². The van der Waals surface area contributed by atoms with E-state index in [1.54, 1.807) is 0 Å². The van der Waals surface area contributed by atoms with E-state index in [9.17, 15) is 9.59 Å². The molecule has 2 saturated heterocycles. The van der Waals surface area contributed by atoms with E-state index in [-0.39, 0.29) is 31.6 Å².